The van der Waals surface area contributed by atoms with Crippen molar-refractivity contribution in [2.75, 3.05) is 0 Å². The summed E-state index contributed by atoms with van der Waals surface area (Å²) >= 11 is 0. The van der Waals surface area contributed by atoms with E-state index < -0.39 is 5.97 Å². The molecule has 0 aliphatic carbocycles. The average molecular weight is 260 g/mol. The van der Waals surface area contributed by atoms with E-state index in [4.69, 9.17) is 5.11 Å². The van der Waals surface area contributed by atoms with Crippen molar-refractivity contribution in [3.05, 3.63) is 35.5 Å². The third-order valence-corrected chi connectivity index (χ3v) is 3.25. The molecule has 0 saturated heterocycles. The standard InChI is InChI=1S/C15H20N2O2/c1-4-17-9-12(8-16-10(2)3)13-7-11(15(18)19)5-6-14(13)17/h5-7,9-10,16H,4,8H2,1-3H3,(H,18,19). The van der Waals surface area contributed by atoms with Gasteiger partial charge in [0.05, 0.1) is 5.56 Å². The van der Waals surface area contributed by atoms with Crippen molar-refractivity contribution in [2.24, 2.45) is 0 Å². The number of aromatic nitrogens is 1. The first kappa shape index (κ1) is 13.6. The molecule has 0 atom stereocenters. The van der Waals surface area contributed by atoms with E-state index in [9.17, 15) is 4.79 Å². The van der Waals surface area contributed by atoms with Crippen molar-refractivity contribution < 1.29 is 9.90 Å². The molecule has 0 spiro atoms. The first-order chi connectivity index (χ1) is 9.02. The number of carbonyl (C=O) groups is 1. The number of carboxylic acid groups (broad SMARTS) is 1. The zero-order valence-electron chi connectivity index (χ0n) is 11.6. The highest BCUT2D eigenvalue weighted by atomic mass is 16.4. The molecule has 1 heterocycles. The second-order valence-corrected chi connectivity index (χ2v) is 5.01. The lowest BCUT2D eigenvalue weighted by atomic mass is 10.1. The first-order valence-corrected chi connectivity index (χ1v) is 6.61. The summed E-state index contributed by atoms with van der Waals surface area (Å²) in [5, 5.41) is 13.5. The van der Waals surface area contributed by atoms with E-state index in [0.29, 0.717) is 11.6 Å². The molecule has 2 N–H and O–H groups in total. The van der Waals surface area contributed by atoms with E-state index in [1.54, 1.807) is 12.1 Å². The highest BCUT2D eigenvalue weighted by molar-refractivity contribution is 5.95. The van der Waals surface area contributed by atoms with Crippen LogP contribution >= 0.6 is 0 Å². The van der Waals surface area contributed by atoms with E-state index in [1.807, 2.05) is 6.07 Å². The first-order valence-electron chi connectivity index (χ1n) is 6.61. The maximum absolute atomic E-state index is 11.1. The van der Waals surface area contributed by atoms with Crippen molar-refractivity contribution in [2.45, 2.75) is 39.9 Å². The second-order valence-electron chi connectivity index (χ2n) is 5.01. The van der Waals surface area contributed by atoms with Gasteiger partial charge in [0.1, 0.15) is 0 Å². The maximum atomic E-state index is 11.1. The molecule has 0 bridgehead atoms. The molecule has 0 saturated carbocycles. The van der Waals surface area contributed by atoms with Crippen LogP contribution in [-0.4, -0.2) is 21.7 Å². The van der Waals surface area contributed by atoms with Gasteiger partial charge < -0.3 is 15.0 Å². The lowest BCUT2D eigenvalue weighted by molar-refractivity contribution is 0.0697. The Bertz CT molecular complexity index is 599. The number of aryl methyl sites for hydroxylation is 1. The third-order valence-electron chi connectivity index (χ3n) is 3.25. The van der Waals surface area contributed by atoms with Crippen LogP contribution in [0, 0.1) is 0 Å². The van der Waals surface area contributed by atoms with Crippen LogP contribution in [0.2, 0.25) is 0 Å². The summed E-state index contributed by atoms with van der Waals surface area (Å²) in [4.78, 5) is 11.1. The van der Waals surface area contributed by atoms with E-state index in [-0.39, 0.29) is 0 Å². The van der Waals surface area contributed by atoms with Crippen molar-refractivity contribution in [3.8, 4) is 0 Å². The largest absolute Gasteiger partial charge is 0.478 e. The number of hydrogen-bond donors (Lipinski definition) is 2. The van der Waals surface area contributed by atoms with Gasteiger partial charge in [0, 0.05) is 36.2 Å². The van der Waals surface area contributed by atoms with Crippen LogP contribution in [0.25, 0.3) is 10.9 Å². The Morgan fingerprint density at radius 1 is 1.42 bits per heavy atom. The summed E-state index contributed by atoms with van der Waals surface area (Å²) in [7, 11) is 0. The summed E-state index contributed by atoms with van der Waals surface area (Å²) in [6.07, 6.45) is 2.10. The predicted octanol–water partition coefficient (Wildman–Crippen LogP) is 2.86. The topological polar surface area (TPSA) is 54.3 Å². The van der Waals surface area contributed by atoms with E-state index in [1.165, 1.54) is 0 Å². The maximum Gasteiger partial charge on any atom is 0.335 e. The summed E-state index contributed by atoms with van der Waals surface area (Å²) in [6, 6.07) is 5.72. The molecular formula is C15H20N2O2. The normalized spacial score (nSPS) is 11.4. The molecule has 0 unspecified atom stereocenters. The van der Waals surface area contributed by atoms with Crippen LogP contribution in [0.1, 0.15) is 36.7 Å². The van der Waals surface area contributed by atoms with Gasteiger partial charge in [-0.25, -0.2) is 4.79 Å². The van der Waals surface area contributed by atoms with E-state index >= 15 is 0 Å². The molecule has 0 fully saturated rings. The smallest absolute Gasteiger partial charge is 0.335 e. The second kappa shape index (κ2) is 5.45. The van der Waals surface area contributed by atoms with Gasteiger partial charge in [-0.3, -0.25) is 0 Å². The molecule has 2 rings (SSSR count). The lowest BCUT2D eigenvalue weighted by Gasteiger charge is -2.06. The fraction of sp³-hybridized carbons (Fsp3) is 0.400. The van der Waals surface area contributed by atoms with Crippen LogP contribution < -0.4 is 5.32 Å². The van der Waals surface area contributed by atoms with Crippen LogP contribution in [0.15, 0.2) is 24.4 Å². The minimum atomic E-state index is -0.881. The Balaban J connectivity index is 2.49. The van der Waals surface area contributed by atoms with Gasteiger partial charge in [-0.05, 0) is 30.7 Å². The van der Waals surface area contributed by atoms with Crippen LogP contribution in [0.4, 0.5) is 0 Å². The summed E-state index contributed by atoms with van der Waals surface area (Å²) in [5.74, 6) is -0.881. The van der Waals surface area contributed by atoms with Crippen LogP contribution in [0.5, 0.6) is 0 Å². The third kappa shape index (κ3) is 2.79. The van der Waals surface area contributed by atoms with Gasteiger partial charge in [0.25, 0.3) is 0 Å². The van der Waals surface area contributed by atoms with Crippen molar-refractivity contribution in [1.82, 2.24) is 9.88 Å². The Morgan fingerprint density at radius 3 is 2.74 bits per heavy atom. The van der Waals surface area contributed by atoms with Gasteiger partial charge in [-0.2, -0.15) is 0 Å². The molecule has 0 amide bonds. The van der Waals surface area contributed by atoms with Gasteiger partial charge in [0.15, 0.2) is 0 Å². The van der Waals surface area contributed by atoms with E-state index in [2.05, 4.69) is 36.9 Å². The van der Waals surface area contributed by atoms with Crippen molar-refractivity contribution >= 4 is 16.9 Å². The molecule has 4 heteroatoms. The molecule has 19 heavy (non-hydrogen) atoms. The summed E-state index contributed by atoms with van der Waals surface area (Å²) < 4.78 is 2.15. The molecule has 1 aromatic heterocycles. The van der Waals surface area contributed by atoms with Crippen molar-refractivity contribution in [3.63, 3.8) is 0 Å². The quantitative estimate of drug-likeness (QED) is 0.869. The number of benzene rings is 1. The lowest BCUT2D eigenvalue weighted by Crippen LogP contribution is -2.21. The van der Waals surface area contributed by atoms with E-state index in [0.717, 1.165) is 29.6 Å². The zero-order valence-corrected chi connectivity index (χ0v) is 11.6. The number of hydrogen-bond acceptors (Lipinski definition) is 2. The number of nitrogens with one attached hydrogen (secondary N) is 1. The molecule has 1 aromatic carbocycles. The fourth-order valence-electron chi connectivity index (χ4n) is 2.22. The summed E-state index contributed by atoms with van der Waals surface area (Å²) in [5.41, 5.74) is 2.58. The minimum Gasteiger partial charge on any atom is -0.478 e. The van der Waals surface area contributed by atoms with Crippen LogP contribution in [-0.2, 0) is 13.1 Å². The van der Waals surface area contributed by atoms with Gasteiger partial charge >= 0.3 is 5.97 Å². The number of carboxylic acids is 1. The Kier molecular flexibility index (Phi) is 3.90. The van der Waals surface area contributed by atoms with Gasteiger partial charge in [-0.15, -0.1) is 0 Å². The number of fused-ring (bicyclic) bond motifs is 1. The average Bonchev–Trinajstić information content (AvgIpc) is 2.73. The zero-order chi connectivity index (χ0) is 14.0. The Labute approximate surface area is 113 Å². The molecule has 4 nitrogen and oxygen atoms in total. The molecule has 102 valence electrons. The molecular weight excluding hydrogens is 240 g/mol. The number of rotatable bonds is 5. The summed E-state index contributed by atoms with van der Waals surface area (Å²) in [6.45, 7) is 7.92. The van der Waals surface area contributed by atoms with Crippen LogP contribution in [0.3, 0.4) is 0 Å². The highest BCUT2D eigenvalue weighted by Crippen LogP contribution is 2.23. The fourth-order valence-corrected chi connectivity index (χ4v) is 2.22. The molecule has 0 radical (unpaired) electrons. The molecule has 0 aliphatic rings. The minimum absolute atomic E-state index is 0.340. The molecule has 2 aromatic rings. The SMILES string of the molecule is CCn1cc(CNC(C)C)c2cc(C(=O)O)ccc21. The van der Waals surface area contributed by atoms with Gasteiger partial charge in [0.2, 0.25) is 0 Å². The Morgan fingerprint density at radius 2 is 2.16 bits per heavy atom. The number of nitrogens with zero attached hydrogens (tertiary/aromatic N) is 1. The highest BCUT2D eigenvalue weighted by Gasteiger charge is 2.11. The Hall–Kier alpha value is -1.81. The number of aromatic carboxylic acids is 1. The van der Waals surface area contributed by atoms with Gasteiger partial charge in [-0.1, -0.05) is 13.8 Å². The monoisotopic (exact) mass is 260 g/mol. The predicted molar refractivity (Wildman–Crippen MR) is 76.5 cm³/mol. The molecule has 0 aliphatic heterocycles. The van der Waals surface area contributed by atoms with Crippen molar-refractivity contribution in [1.29, 1.82) is 0 Å².